The molecule has 0 aliphatic heterocycles. The van der Waals surface area contributed by atoms with Gasteiger partial charge in [0.1, 0.15) is 24.8 Å². The molecule has 0 aliphatic rings. The zero-order chi connectivity index (χ0) is 26.8. The lowest BCUT2D eigenvalue weighted by Gasteiger charge is -2.16. The number of fused-ring (bicyclic) bond motifs is 3. The maximum absolute atomic E-state index is 12.1. The van der Waals surface area contributed by atoms with Crippen molar-refractivity contribution in [3.63, 3.8) is 0 Å². The molecule has 0 fully saturated rings. The van der Waals surface area contributed by atoms with Crippen molar-refractivity contribution in [2.24, 2.45) is 5.41 Å². The third-order valence-corrected chi connectivity index (χ3v) is 5.79. The Balaban J connectivity index is 1.75. The summed E-state index contributed by atoms with van der Waals surface area (Å²) in [6, 6.07) is 3.78. The van der Waals surface area contributed by atoms with Crippen molar-refractivity contribution in [1.29, 1.82) is 0 Å². The molecule has 0 saturated heterocycles. The molecule has 2 aromatic heterocycles. The van der Waals surface area contributed by atoms with E-state index < -0.39 is 0 Å². The number of carbonyl (C=O) groups is 1. The minimum atomic E-state index is 0.0492. The van der Waals surface area contributed by atoms with Crippen LogP contribution in [0.3, 0.4) is 0 Å². The number of ketones is 1. The minimum Gasteiger partial charge on any atom is -0.487 e. The maximum atomic E-state index is 12.1. The van der Waals surface area contributed by atoms with Crippen LogP contribution in [0.5, 0.6) is 11.5 Å². The summed E-state index contributed by atoms with van der Waals surface area (Å²) in [6.45, 7) is 10.6. The first-order valence-corrected chi connectivity index (χ1v) is 12.9. The van der Waals surface area contributed by atoms with Crippen molar-refractivity contribution in [3.8, 4) is 11.5 Å². The zero-order valence-electron chi connectivity index (χ0n) is 23.1. The van der Waals surface area contributed by atoms with Crippen LogP contribution in [-0.2, 0) is 14.3 Å². The summed E-state index contributed by atoms with van der Waals surface area (Å²) in [4.78, 5) is 17.0. The number of aromatic nitrogens is 4. The molecule has 1 aromatic carbocycles. The molecule has 0 spiro atoms. The third kappa shape index (κ3) is 8.26. The number of methoxy groups -OCH3 is 2. The summed E-state index contributed by atoms with van der Waals surface area (Å²) in [5, 5.41) is 12.1. The fraction of sp³-hybridized carbons (Fsp3) is 0.630. The van der Waals surface area contributed by atoms with Crippen LogP contribution >= 0.6 is 0 Å². The molecule has 1 N–H and O–H groups in total. The summed E-state index contributed by atoms with van der Waals surface area (Å²) in [6.07, 6.45) is 4.07. The molecule has 0 radical (unpaired) electrons. The van der Waals surface area contributed by atoms with Crippen LogP contribution in [0.1, 0.15) is 58.7 Å². The number of rotatable bonds is 16. The molecule has 37 heavy (non-hydrogen) atoms. The van der Waals surface area contributed by atoms with E-state index in [2.05, 4.69) is 36.3 Å². The van der Waals surface area contributed by atoms with E-state index in [-0.39, 0.29) is 5.41 Å². The fourth-order valence-corrected chi connectivity index (χ4v) is 4.11. The first kappa shape index (κ1) is 28.6. The molecule has 10 heteroatoms. The van der Waals surface area contributed by atoms with Crippen LogP contribution in [0.15, 0.2) is 12.1 Å². The van der Waals surface area contributed by atoms with Crippen LogP contribution in [0.25, 0.3) is 16.7 Å². The SMILES string of the molecule is COCCOc1cc2nc(NCCCCCC(=O)CC(C)(C)C)c3nnc(C)n3c2cc1OCCOC. The van der Waals surface area contributed by atoms with Crippen molar-refractivity contribution >= 4 is 28.3 Å². The number of benzene rings is 1. The van der Waals surface area contributed by atoms with Gasteiger partial charge in [-0.25, -0.2) is 4.98 Å². The predicted molar refractivity (Wildman–Crippen MR) is 144 cm³/mol. The van der Waals surface area contributed by atoms with Crippen molar-refractivity contribution in [2.75, 3.05) is 52.5 Å². The molecular formula is C27H41N5O5. The van der Waals surface area contributed by atoms with Crippen molar-refractivity contribution in [3.05, 3.63) is 18.0 Å². The number of aryl methyl sites for hydroxylation is 1. The standard InChI is InChI=1S/C27H41N5O5/c1-19-30-31-26-25(28-11-9-7-8-10-20(33)18-27(2,3)4)29-21-16-23(36-14-12-34-5)24(37-15-13-35-6)17-22(21)32(19)26/h16-17H,7-15,18H2,1-6H3,(H,28,29). The van der Waals surface area contributed by atoms with Gasteiger partial charge in [-0.1, -0.05) is 27.2 Å². The van der Waals surface area contributed by atoms with E-state index in [4.69, 9.17) is 23.9 Å². The van der Waals surface area contributed by atoms with Gasteiger partial charge in [-0.15, -0.1) is 10.2 Å². The second-order valence-corrected chi connectivity index (χ2v) is 10.4. The van der Waals surface area contributed by atoms with Gasteiger partial charge in [0.2, 0.25) is 5.65 Å². The van der Waals surface area contributed by atoms with Crippen LogP contribution < -0.4 is 14.8 Å². The van der Waals surface area contributed by atoms with Crippen molar-refractivity contribution in [1.82, 2.24) is 19.6 Å². The van der Waals surface area contributed by atoms with Crippen molar-refractivity contribution in [2.45, 2.75) is 59.8 Å². The highest BCUT2D eigenvalue weighted by Gasteiger charge is 2.18. The summed E-state index contributed by atoms with van der Waals surface area (Å²) in [7, 11) is 3.27. The second kappa shape index (κ2) is 13.5. The highest BCUT2D eigenvalue weighted by Crippen LogP contribution is 2.34. The Labute approximate surface area is 219 Å². The average molecular weight is 516 g/mol. The highest BCUT2D eigenvalue weighted by molar-refractivity contribution is 5.86. The third-order valence-electron chi connectivity index (χ3n) is 5.79. The largest absolute Gasteiger partial charge is 0.487 e. The van der Waals surface area contributed by atoms with Crippen LogP contribution in [0.4, 0.5) is 5.82 Å². The number of nitrogens with zero attached hydrogens (tertiary/aromatic N) is 4. The van der Waals surface area contributed by atoms with Gasteiger partial charge < -0.3 is 24.3 Å². The molecule has 0 aliphatic carbocycles. The molecule has 0 unspecified atom stereocenters. The molecule has 0 bridgehead atoms. The van der Waals surface area contributed by atoms with Crippen LogP contribution in [0.2, 0.25) is 0 Å². The molecule has 3 aromatic rings. The fourth-order valence-electron chi connectivity index (χ4n) is 4.11. The lowest BCUT2D eigenvalue weighted by molar-refractivity contribution is -0.120. The topological polar surface area (TPSA) is 109 Å². The van der Waals surface area contributed by atoms with E-state index in [0.717, 1.165) is 42.7 Å². The van der Waals surface area contributed by atoms with Gasteiger partial charge in [0.25, 0.3) is 0 Å². The lowest BCUT2D eigenvalue weighted by atomic mass is 9.88. The van der Waals surface area contributed by atoms with Gasteiger partial charge >= 0.3 is 0 Å². The Kier molecular flexibility index (Phi) is 10.5. The number of Topliss-reactive ketones (excluding diaryl/α,β-unsaturated/α-hetero) is 1. The zero-order valence-corrected chi connectivity index (χ0v) is 23.1. The number of anilines is 1. The summed E-state index contributed by atoms with van der Waals surface area (Å²) < 4.78 is 24.1. The number of nitrogens with one attached hydrogen (secondary N) is 1. The molecule has 0 amide bonds. The van der Waals surface area contributed by atoms with Gasteiger partial charge in [-0.2, -0.15) is 0 Å². The summed E-state index contributed by atoms with van der Waals surface area (Å²) >= 11 is 0. The van der Waals surface area contributed by atoms with E-state index in [9.17, 15) is 4.79 Å². The molecule has 0 atom stereocenters. The molecule has 10 nitrogen and oxygen atoms in total. The van der Waals surface area contributed by atoms with E-state index in [1.54, 1.807) is 14.2 Å². The van der Waals surface area contributed by atoms with Crippen LogP contribution in [-0.4, -0.2) is 72.6 Å². The van der Waals surface area contributed by atoms with Gasteiger partial charge in [-0.3, -0.25) is 9.20 Å². The van der Waals surface area contributed by atoms with Gasteiger partial charge in [0.15, 0.2) is 17.3 Å². The normalized spacial score (nSPS) is 11.8. The average Bonchev–Trinajstić information content (AvgIpc) is 3.22. The Morgan fingerprint density at radius 2 is 1.62 bits per heavy atom. The molecule has 204 valence electrons. The van der Waals surface area contributed by atoms with Gasteiger partial charge in [0.05, 0.1) is 24.2 Å². The van der Waals surface area contributed by atoms with E-state index in [0.29, 0.717) is 68.0 Å². The Morgan fingerprint density at radius 1 is 0.946 bits per heavy atom. The lowest BCUT2D eigenvalue weighted by Crippen LogP contribution is -2.12. The number of hydrogen-bond acceptors (Lipinski definition) is 9. The number of unbranched alkanes of at least 4 members (excludes halogenated alkanes) is 2. The second-order valence-electron chi connectivity index (χ2n) is 10.4. The van der Waals surface area contributed by atoms with E-state index in [1.165, 1.54) is 0 Å². The van der Waals surface area contributed by atoms with Crippen molar-refractivity contribution < 1.29 is 23.7 Å². The summed E-state index contributed by atoms with van der Waals surface area (Å²) in [5.41, 5.74) is 2.26. The molecular weight excluding hydrogens is 474 g/mol. The predicted octanol–water partition coefficient (Wildman–Crippen LogP) is 4.61. The number of ether oxygens (including phenoxy) is 4. The molecule has 0 saturated carbocycles. The number of carbonyl (C=O) groups excluding carboxylic acids is 1. The molecule has 2 heterocycles. The molecule has 3 rings (SSSR count). The van der Waals surface area contributed by atoms with Crippen LogP contribution in [0, 0.1) is 12.3 Å². The Bertz CT molecular complexity index is 1170. The first-order chi connectivity index (χ1) is 17.7. The highest BCUT2D eigenvalue weighted by atomic mass is 16.5. The maximum Gasteiger partial charge on any atom is 0.204 e. The Morgan fingerprint density at radius 3 is 2.27 bits per heavy atom. The monoisotopic (exact) mass is 515 g/mol. The quantitative estimate of drug-likeness (QED) is 0.273. The number of hydrogen-bond donors (Lipinski definition) is 1. The smallest absolute Gasteiger partial charge is 0.204 e. The van der Waals surface area contributed by atoms with E-state index >= 15 is 0 Å². The Hall–Kier alpha value is -2.98. The minimum absolute atomic E-state index is 0.0492. The van der Waals surface area contributed by atoms with Gasteiger partial charge in [-0.05, 0) is 25.2 Å². The summed E-state index contributed by atoms with van der Waals surface area (Å²) in [5.74, 6) is 2.93. The first-order valence-electron chi connectivity index (χ1n) is 12.9. The van der Waals surface area contributed by atoms with E-state index in [1.807, 2.05) is 23.5 Å². The van der Waals surface area contributed by atoms with Gasteiger partial charge in [0, 0.05) is 45.7 Å².